The number of carbonyl (C=O) groups is 1. The molecule has 3 aromatic rings. The van der Waals surface area contributed by atoms with Crippen LogP contribution in [0.15, 0.2) is 45.3 Å². The van der Waals surface area contributed by atoms with E-state index in [1.807, 2.05) is 38.1 Å². The first-order chi connectivity index (χ1) is 12.6. The van der Waals surface area contributed by atoms with E-state index in [1.165, 1.54) is 20.5 Å². The summed E-state index contributed by atoms with van der Waals surface area (Å²) in [4.78, 5) is 37.8. The second-order valence-electron chi connectivity index (χ2n) is 6.02. The number of aryl methyl sites for hydroxylation is 1. The minimum Gasteiger partial charge on any atom is -0.324 e. The Morgan fingerprint density at radius 2 is 1.88 bits per heavy atom. The molecule has 0 atom stereocenters. The van der Waals surface area contributed by atoms with Gasteiger partial charge in [0.15, 0.2) is 0 Å². The van der Waals surface area contributed by atoms with Gasteiger partial charge < -0.3 is 5.32 Å². The molecule has 0 spiro atoms. The quantitative estimate of drug-likeness (QED) is 0.724. The summed E-state index contributed by atoms with van der Waals surface area (Å²) in [7, 11) is 0. The maximum Gasteiger partial charge on any atom is 0.332 e. The zero-order valence-corrected chi connectivity index (χ0v) is 15.6. The smallest absolute Gasteiger partial charge is 0.324 e. The van der Waals surface area contributed by atoms with Crippen molar-refractivity contribution in [3.8, 4) is 0 Å². The topological polar surface area (TPSA) is 73.1 Å². The van der Waals surface area contributed by atoms with Crippen molar-refractivity contribution < 1.29 is 4.79 Å². The Hall–Kier alpha value is -2.67. The van der Waals surface area contributed by atoms with Gasteiger partial charge in [0.05, 0.1) is 5.52 Å². The number of anilines is 1. The second kappa shape index (κ2) is 7.70. The van der Waals surface area contributed by atoms with Crippen LogP contribution in [0.3, 0.4) is 0 Å². The number of para-hydroxylation sites is 1. The molecule has 136 valence electrons. The third-order valence-corrected chi connectivity index (χ3v) is 5.15. The maximum absolute atomic E-state index is 12.8. The van der Waals surface area contributed by atoms with Gasteiger partial charge in [-0.3, -0.25) is 18.7 Å². The van der Waals surface area contributed by atoms with E-state index in [1.54, 1.807) is 11.4 Å². The van der Waals surface area contributed by atoms with Gasteiger partial charge in [0.1, 0.15) is 11.2 Å². The second-order valence-corrected chi connectivity index (χ2v) is 6.94. The van der Waals surface area contributed by atoms with E-state index in [0.717, 1.165) is 17.7 Å². The first kappa shape index (κ1) is 18.1. The molecule has 0 bridgehead atoms. The molecule has 2 aromatic heterocycles. The van der Waals surface area contributed by atoms with Gasteiger partial charge in [-0.25, -0.2) is 4.79 Å². The van der Waals surface area contributed by atoms with Crippen LogP contribution < -0.4 is 16.6 Å². The number of hydrogen-bond acceptors (Lipinski definition) is 4. The summed E-state index contributed by atoms with van der Waals surface area (Å²) >= 11 is 1.29. The fraction of sp³-hybridized carbons (Fsp3) is 0.316. The summed E-state index contributed by atoms with van der Waals surface area (Å²) < 4.78 is 3.10. The van der Waals surface area contributed by atoms with Crippen molar-refractivity contribution in [2.24, 2.45) is 0 Å². The van der Waals surface area contributed by atoms with E-state index < -0.39 is 5.69 Å². The highest BCUT2D eigenvalue weighted by Crippen LogP contribution is 2.17. The fourth-order valence-corrected chi connectivity index (χ4v) is 3.83. The third-order valence-electron chi connectivity index (χ3n) is 4.26. The summed E-state index contributed by atoms with van der Waals surface area (Å²) in [6.45, 7) is 4.13. The van der Waals surface area contributed by atoms with Crippen LogP contribution in [0.4, 0.5) is 5.69 Å². The zero-order chi connectivity index (χ0) is 18.7. The normalized spacial score (nSPS) is 11.0. The molecule has 0 saturated heterocycles. The first-order valence-corrected chi connectivity index (χ1v) is 9.53. The molecule has 7 heteroatoms. The highest BCUT2D eigenvalue weighted by molar-refractivity contribution is 7.17. The minimum atomic E-state index is -0.443. The fourth-order valence-electron chi connectivity index (χ4n) is 2.99. The van der Waals surface area contributed by atoms with Crippen LogP contribution in [-0.4, -0.2) is 15.0 Å². The molecule has 1 N–H and O–H groups in total. The highest BCUT2D eigenvalue weighted by Gasteiger charge is 2.16. The lowest BCUT2D eigenvalue weighted by Crippen LogP contribution is -2.41. The predicted octanol–water partition coefficient (Wildman–Crippen LogP) is 2.84. The summed E-state index contributed by atoms with van der Waals surface area (Å²) in [5.74, 6) is -0.290. The lowest BCUT2D eigenvalue weighted by molar-refractivity contribution is -0.116. The average Bonchev–Trinajstić information content (AvgIpc) is 3.12. The van der Waals surface area contributed by atoms with E-state index in [-0.39, 0.29) is 18.0 Å². The number of carbonyl (C=O) groups excluding carboxylic acids is 1. The van der Waals surface area contributed by atoms with Crippen molar-refractivity contribution in [2.45, 2.75) is 39.8 Å². The van der Waals surface area contributed by atoms with Crippen molar-refractivity contribution in [3.05, 3.63) is 62.1 Å². The number of aromatic nitrogens is 2. The third kappa shape index (κ3) is 3.35. The molecule has 1 amide bonds. The van der Waals surface area contributed by atoms with Crippen molar-refractivity contribution in [3.63, 3.8) is 0 Å². The average molecular weight is 371 g/mol. The highest BCUT2D eigenvalue weighted by atomic mass is 32.1. The van der Waals surface area contributed by atoms with Crippen molar-refractivity contribution in [1.29, 1.82) is 0 Å². The summed E-state index contributed by atoms with van der Waals surface area (Å²) in [6, 6.07) is 9.30. The Bertz CT molecular complexity index is 1060. The Morgan fingerprint density at radius 3 is 2.62 bits per heavy atom. The van der Waals surface area contributed by atoms with Gasteiger partial charge in [0.2, 0.25) is 5.91 Å². The molecule has 26 heavy (non-hydrogen) atoms. The van der Waals surface area contributed by atoms with Crippen LogP contribution in [0.25, 0.3) is 10.2 Å². The van der Waals surface area contributed by atoms with Gasteiger partial charge in [-0.05, 0) is 35.9 Å². The molecule has 0 fully saturated rings. The van der Waals surface area contributed by atoms with E-state index in [4.69, 9.17) is 0 Å². The lowest BCUT2D eigenvalue weighted by atomic mass is 10.1. The summed E-state index contributed by atoms with van der Waals surface area (Å²) in [5, 5.41) is 4.64. The van der Waals surface area contributed by atoms with Crippen LogP contribution in [0.5, 0.6) is 0 Å². The summed E-state index contributed by atoms with van der Waals surface area (Å²) in [5.41, 5.74) is 1.56. The number of benzene rings is 1. The van der Waals surface area contributed by atoms with E-state index in [9.17, 15) is 14.4 Å². The Morgan fingerprint density at radius 1 is 1.12 bits per heavy atom. The van der Waals surface area contributed by atoms with Gasteiger partial charge in [-0.15, -0.1) is 11.3 Å². The van der Waals surface area contributed by atoms with E-state index >= 15 is 0 Å². The van der Waals surface area contributed by atoms with E-state index in [2.05, 4.69) is 5.32 Å². The molecule has 0 radical (unpaired) electrons. The Kier molecular flexibility index (Phi) is 5.37. The van der Waals surface area contributed by atoms with Crippen LogP contribution >= 0.6 is 11.3 Å². The number of nitrogens with one attached hydrogen (secondary N) is 1. The van der Waals surface area contributed by atoms with Gasteiger partial charge in [-0.2, -0.15) is 0 Å². The largest absolute Gasteiger partial charge is 0.332 e. The van der Waals surface area contributed by atoms with Crippen molar-refractivity contribution in [1.82, 2.24) is 9.13 Å². The van der Waals surface area contributed by atoms with Crippen molar-refractivity contribution >= 4 is 33.1 Å². The number of fused-ring (bicyclic) bond motifs is 1. The van der Waals surface area contributed by atoms with Gasteiger partial charge >= 0.3 is 5.69 Å². The number of nitrogens with zero attached hydrogens (tertiary/aromatic N) is 2. The van der Waals surface area contributed by atoms with Crippen LogP contribution in [0.2, 0.25) is 0 Å². The lowest BCUT2D eigenvalue weighted by Gasteiger charge is -2.13. The Labute approximate surface area is 154 Å². The zero-order valence-electron chi connectivity index (χ0n) is 14.8. The van der Waals surface area contributed by atoms with Crippen molar-refractivity contribution in [2.75, 3.05) is 5.32 Å². The number of hydrogen-bond donors (Lipinski definition) is 1. The minimum absolute atomic E-state index is 0.131. The van der Waals surface area contributed by atoms with Crippen LogP contribution in [-0.2, 0) is 24.3 Å². The van der Waals surface area contributed by atoms with Crippen LogP contribution in [0.1, 0.15) is 25.8 Å². The SMILES string of the molecule is CCCn1c(=O)c2sccc2n(CC(=O)Nc2ccccc2CC)c1=O. The van der Waals surface area contributed by atoms with Crippen LogP contribution in [0, 0.1) is 0 Å². The molecule has 0 aliphatic carbocycles. The molecule has 6 nitrogen and oxygen atoms in total. The number of rotatable bonds is 6. The first-order valence-electron chi connectivity index (χ1n) is 8.65. The Balaban J connectivity index is 1.98. The molecular formula is C19H21N3O3S. The molecular weight excluding hydrogens is 350 g/mol. The summed E-state index contributed by atoms with van der Waals surface area (Å²) in [6.07, 6.45) is 1.47. The molecule has 1 aromatic carbocycles. The predicted molar refractivity (Wildman–Crippen MR) is 105 cm³/mol. The molecule has 3 rings (SSSR count). The molecule has 0 aliphatic rings. The maximum atomic E-state index is 12.8. The number of amides is 1. The molecule has 2 heterocycles. The van der Waals surface area contributed by atoms with Gasteiger partial charge in [0.25, 0.3) is 5.56 Å². The van der Waals surface area contributed by atoms with Gasteiger partial charge in [-0.1, -0.05) is 32.0 Å². The number of thiophene rings is 1. The van der Waals surface area contributed by atoms with E-state index in [0.29, 0.717) is 23.2 Å². The molecule has 0 aliphatic heterocycles. The molecule has 0 unspecified atom stereocenters. The standard InChI is InChI=1S/C19H21N3O3S/c1-3-10-21-18(24)17-15(9-11-26-17)22(19(21)25)12-16(23)20-14-8-6-5-7-13(14)4-2/h5-9,11H,3-4,10,12H2,1-2H3,(H,20,23). The monoisotopic (exact) mass is 371 g/mol. The molecule has 0 saturated carbocycles. The van der Waals surface area contributed by atoms with Gasteiger partial charge in [0, 0.05) is 12.2 Å².